The Bertz CT molecular complexity index is 1020. The maximum absolute atomic E-state index is 14.1. The van der Waals surface area contributed by atoms with E-state index in [1.807, 2.05) is 19.1 Å². The van der Waals surface area contributed by atoms with Gasteiger partial charge in [0, 0.05) is 12.2 Å². The highest BCUT2D eigenvalue weighted by molar-refractivity contribution is 5.76. The van der Waals surface area contributed by atoms with Gasteiger partial charge >= 0.3 is 5.69 Å². The molecule has 156 valence electrons. The molecule has 0 spiro atoms. The summed E-state index contributed by atoms with van der Waals surface area (Å²) in [4.78, 5) is 37.3. The van der Waals surface area contributed by atoms with E-state index in [4.69, 9.17) is 9.47 Å². The molecule has 0 bridgehead atoms. The molecule has 2 aromatic rings. The standard InChI is InChI=1S/C20H24FN3O5/c1-12-6-7-16(28-3)14(9-12)13(2)22-17(25)11-24-19(26)15(21)10-23(20(24)27)18-5-4-8-29-18/h6-7,9-10,13,18H,4-5,8,11H2,1-3H3,(H,22,25). The Hall–Kier alpha value is -2.94. The molecule has 9 heteroatoms. The number of nitrogens with zero attached hydrogens (tertiary/aromatic N) is 2. The van der Waals surface area contributed by atoms with Crippen molar-refractivity contribution in [1.82, 2.24) is 14.5 Å². The number of halogens is 1. The van der Waals surface area contributed by atoms with Crippen molar-refractivity contribution in [2.45, 2.75) is 45.5 Å². The molecular weight excluding hydrogens is 381 g/mol. The van der Waals surface area contributed by atoms with Crippen LogP contribution in [0.25, 0.3) is 0 Å². The number of nitrogens with one attached hydrogen (secondary N) is 1. The van der Waals surface area contributed by atoms with E-state index in [1.54, 1.807) is 13.0 Å². The molecule has 2 unspecified atom stereocenters. The number of hydrogen-bond acceptors (Lipinski definition) is 5. The van der Waals surface area contributed by atoms with Crippen LogP contribution < -0.4 is 21.3 Å². The molecule has 8 nitrogen and oxygen atoms in total. The highest BCUT2D eigenvalue weighted by Gasteiger charge is 2.23. The van der Waals surface area contributed by atoms with Crippen LogP contribution in [0, 0.1) is 12.7 Å². The van der Waals surface area contributed by atoms with Gasteiger partial charge in [-0.2, -0.15) is 4.39 Å². The third-order valence-corrected chi connectivity index (χ3v) is 4.90. The van der Waals surface area contributed by atoms with E-state index in [2.05, 4.69) is 5.32 Å². The number of benzene rings is 1. The molecule has 1 aliphatic heterocycles. The first-order chi connectivity index (χ1) is 13.8. The van der Waals surface area contributed by atoms with E-state index >= 15 is 0 Å². The number of carbonyl (C=O) groups is 1. The van der Waals surface area contributed by atoms with Crippen molar-refractivity contribution >= 4 is 5.91 Å². The number of aryl methyl sites for hydroxylation is 1. The van der Waals surface area contributed by atoms with Crippen LogP contribution in [-0.2, 0) is 16.1 Å². The Morgan fingerprint density at radius 2 is 2.17 bits per heavy atom. The molecule has 29 heavy (non-hydrogen) atoms. The molecule has 1 aliphatic rings. The smallest absolute Gasteiger partial charge is 0.333 e. The van der Waals surface area contributed by atoms with E-state index in [-0.39, 0.29) is 0 Å². The van der Waals surface area contributed by atoms with E-state index in [0.717, 1.165) is 28.3 Å². The largest absolute Gasteiger partial charge is 0.496 e. The Kier molecular flexibility index (Phi) is 6.17. The number of aromatic nitrogens is 2. The SMILES string of the molecule is COc1ccc(C)cc1C(C)NC(=O)Cn1c(=O)c(F)cn(C2CCCO2)c1=O. The minimum atomic E-state index is -1.14. The number of ether oxygens (including phenoxy) is 2. The van der Waals surface area contributed by atoms with Gasteiger partial charge in [-0.3, -0.25) is 14.2 Å². The summed E-state index contributed by atoms with van der Waals surface area (Å²) in [7, 11) is 1.53. The van der Waals surface area contributed by atoms with Gasteiger partial charge in [0.1, 0.15) is 18.5 Å². The van der Waals surface area contributed by atoms with Gasteiger partial charge in [-0.05, 0) is 32.8 Å². The lowest BCUT2D eigenvalue weighted by Crippen LogP contribution is -2.45. The third kappa shape index (κ3) is 4.40. The number of rotatable bonds is 6. The molecule has 1 saturated heterocycles. The zero-order valence-corrected chi connectivity index (χ0v) is 16.6. The van der Waals surface area contributed by atoms with E-state index in [0.29, 0.717) is 23.3 Å². The molecule has 1 fully saturated rings. The van der Waals surface area contributed by atoms with Gasteiger partial charge < -0.3 is 14.8 Å². The number of hydrogen-bond donors (Lipinski definition) is 1. The van der Waals surface area contributed by atoms with Crippen LogP contribution in [0.15, 0.2) is 34.0 Å². The molecule has 1 aromatic heterocycles. The molecule has 0 radical (unpaired) electrons. The first-order valence-corrected chi connectivity index (χ1v) is 9.38. The zero-order chi connectivity index (χ0) is 21.1. The average Bonchev–Trinajstić information content (AvgIpc) is 3.22. The van der Waals surface area contributed by atoms with Crippen molar-refractivity contribution in [1.29, 1.82) is 0 Å². The molecule has 1 amide bonds. The summed E-state index contributed by atoms with van der Waals surface area (Å²) in [6, 6.07) is 5.12. The minimum absolute atomic E-state index is 0.443. The predicted octanol–water partition coefficient (Wildman–Crippen LogP) is 1.65. The van der Waals surface area contributed by atoms with Crippen molar-refractivity contribution in [3.8, 4) is 5.75 Å². The lowest BCUT2D eigenvalue weighted by Gasteiger charge is -2.19. The Morgan fingerprint density at radius 3 is 2.83 bits per heavy atom. The quantitative estimate of drug-likeness (QED) is 0.789. The summed E-state index contributed by atoms with van der Waals surface area (Å²) >= 11 is 0. The second-order valence-electron chi connectivity index (χ2n) is 7.06. The summed E-state index contributed by atoms with van der Waals surface area (Å²) < 4.78 is 26.4. The predicted molar refractivity (Wildman–Crippen MR) is 103 cm³/mol. The van der Waals surface area contributed by atoms with Crippen LogP contribution in [-0.4, -0.2) is 28.8 Å². The van der Waals surface area contributed by atoms with Crippen LogP contribution in [0.1, 0.15) is 43.2 Å². The number of amides is 1. The van der Waals surface area contributed by atoms with Crippen LogP contribution in [0.4, 0.5) is 4.39 Å². The molecule has 0 aliphatic carbocycles. The normalized spacial score (nSPS) is 17.2. The van der Waals surface area contributed by atoms with Crippen LogP contribution in [0.3, 0.4) is 0 Å². The second kappa shape index (κ2) is 8.60. The van der Waals surface area contributed by atoms with Crippen molar-refractivity contribution in [2.24, 2.45) is 0 Å². The van der Waals surface area contributed by atoms with Gasteiger partial charge in [0.15, 0.2) is 0 Å². The van der Waals surface area contributed by atoms with Crippen LogP contribution in [0.5, 0.6) is 5.75 Å². The first-order valence-electron chi connectivity index (χ1n) is 9.38. The molecule has 3 rings (SSSR count). The lowest BCUT2D eigenvalue weighted by molar-refractivity contribution is -0.122. The van der Waals surface area contributed by atoms with Gasteiger partial charge in [0.25, 0.3) is 5.56 Å². The van der Waals surface area contributed by atoms with Gasteiger partial charge in [0.05, 0.1) is 19.3 Å². The number of carbonyl (C=O) groups excluding carboxylic acids is 1. The molecular formula is C20H24FN3O5. The first kappa shape index (κ1) is 20.8. The van der Waals surface area contributed by atoms with Gasteiger partial charge in [0.2, 0.25) is 11.7 Å². The van der Waals surface area contributed by atoms with E-state index in [9.17, 15) is 18.8 Å². The maximum Gasteiger partial charge on any atom is 0.333 e. The van der Waals surface area contributed by atoms with Gasteiger partial charge in [-0.25, -0.2) is 9.36 Å². The van der Waals surface area contributed by atoms with Gasteiger partial charge in [-0.15, -0.1) is 0 Å². The minimum Gasteiger partial charge on any atom is -0.496 e. The average molecular weight is 405 g/mol. The number of methoxy groups -OCH3 is 1. The van der Waals surface area contributed by atoms with E-state index in [1.165, 1.54) is 7.11 Å². The fourth-order valence-corrected chi connectivity index (χ4v) is 3.41. The lowest BCUT2D eigenvalue weighted by atomic mass is 10.0. The molecule has 2 atom stereocenters. The summed E-state index contributed by atoms with van der Waals surface area (Å²) in [5.41, 5.74) is -0.175. The Morgan fingerprint density at radius 1 is 1.41 bits per heavy atom. The monoisotopic (exact) mass is 405 g/mol. The highest BCUT2D eigenvalue weighted by Crippen LogP contribution is 2.26. The van der Waals surface area contributed by atoms with Crippen molar-refractivity contribution < 1.29 is 18.7 Å². The van der Waals surface area contributed by atoms with Crippen molar-refractivity contribution in [2.75, 3.05) is 13.7 Å². The van der Waals surface area contributed by atoms with Crippen molar-refractivity contribution in [3.63, 3.8) is 0 Å². The highest BCUT2D eigenvalue weighted by atomic mass is 19.1. The Balaban J connectivity index is 1.83. The fraction of sp³-hybridized carbons (Fsp3) is 0.450. The molecule has 1 N–H and O–H groups in total. The molecule has 2 heterocycles. The molecule has 0 saturated carbocycles. The zero-order valence-electron chi connectivity index (χ0n) is 16.6. The summed E-state index contributed by atoms with van der Waals surface area (Å²) in [5.74, 6) is -1.10. The van der Waals surface area contributed by atoms with E-state index < -0.39 is 41.8 Å². The van der Waals surface area contributed by atoms with Crippen LogP contribution in [0.2, 0.25) is 0 Å². The van der Waals surface area contributed by atoms with Crippen LogP contribution >= 0.6 is 0 Å². The molecule has 1 aromatic carbocycles. The van der Waals surface area contributed by atoms with Crippen molar-refractivity contribution in [3.05, 3.63) is 62.2 Å². The summed E-state index contributed by atoms with van der Waals surface area (Å²) in [6.07, 6.45) is 1.47. The van der Waals surface area contributed by atoms with Gasteiger partial charge in [-0.1, -0.05) is 17.7 Å². The topological polar surface area (TPSA) is 91.6 Å². The Labute approximate surface area is 166 Å². The fourth-order valence-electron chi connectivity index (χ4n) is 3.41. The summed E-state index contributed by atoms with van der Waals surface area (Å²) in [6.45, 7) is 3.53. The third-order valence-electron chi connectivity index (χ3n) is 4.90. The maximum atomic E-state index is 14.1. The summed E-state index contributed by atoms with van der Waals surface area (Å²) in [5, 5.41) is 2.73. The second-order valence-corrected chi connectivity index (χ2v) is 7.06.